The Hall–Kier alpha value is -3.71. The maximum Gasteiger partial charge on any atom is 0.422 e. The SMILES string of the molecule is COc1c(C)cnc(Cn2nc3cc(CN)c4c-3c(n2)C(N(C(=O)O)C(=O)O)=NSC4(C(C)(C)C)C(C)(C)C)c1C. The second-order valence-electron chi connectivity index (χ2n) is 12.2. The Bertz CT molecular complexity index is 1510. The second kappa shape index (κ2) is 10.3. The van der Waals surface area contributed by atoms with Crippen LogP contribution >= 0.6 is 11.9 Å². The number of carboxylic acid groups (broad SMARTS) is 2. The Kier molecular flexibility index (Phi) is 7.59. The highest BCUT2D eigenvalue weighted by molar-refractivity contribution is 7.99. The second-order valence-corrected chi connectivity index (χ2v) is 13.2. The summed E-state index contributed by atoms with van der Waals surface area (Å²) in [6, 6.07) is 1.88. The molecule has 0 atom stereocenters. The van der Waals surface area contributed by atoms with Crippen molar-refractivity contribution in [1.82, 2.24) is 24.9 Å². The van der Waals surface area contributed by atoms with Crippen LogP contribution in [0.3, 0.4) is 0 Å². The first-order valence-electron chi connectivity index (χ1n) is 13.1. The van der Waals surface area contributed by atoms with E-state index < -0.39 is 27.8 Å². The number of aryl methyl sites for hydroxylation is 1. The van der Waals surface area contributed by atoms with Gasteiger partial charge in [-0.1, -0.05) is 41.5 Å². The van der Waals surface area contributed by atoms with Crippen LogP contribution in [-0.4, -0.2) is 60.2 Å². The Balaban J connectivity index is 2.12. The summed E-state index contributed by atoms with van der Waals surface area (Å²) in [6.45, 7) is 16.6. The minimum absolute atomic E-state index is 0.0918. The fourth-order valence-corrected chi connectivity index (χ4v) is 7.41. The van der Waals surface area contributed by atoms with E-state index in [2.05, 4.69) is 50.9 Å². The normalized spacial score (nSPS) is 14.9. The number of nitrogens with two attached hydrogens (primary N) is 1. The lowest BCUT2D eigenvalue weighted by molar-refractivity contribution is 0.141. The molecule has 4 rings (SSSR count). The molecule has 220 valence electrons. The van der Waals surface area contributed by atoms with Gasteiger partial charge in [0.25, 0.3) is 0 Å². The van der Waals surface area contributed by atoms with Crippen molar-refractivity contribution in [1.29, 1.82) is 0 Å². The first-order valence-corrected chi connectivity index (χ1v) is 13.9. The number of carbonyl (C=O) groups is 2. The van der Waals surface area contributed by atoms with Gasteiger partial charge < -0.3 is 20.7 Å². The Morgan fingerprint density at radius 3 is 2.22 bits per heavy atom. The fraction of sp³-hybridized carbons (Fsp3) is 0.500. The van der Waals surface area contributed by atoms with E-state index >= 15 is 0 Å². The van der Waals surface area contributed by atoms with Crippen LogP contribution in [0.1, 0.15) is 75.2 Å². The average molecular weight is 584 g/mol. The monoisotopic (exact) mass is 583 g/mol. The van der Waals surface area contributed by atoms with Gasteiger partial charge in [0.2, 0.25) is 0 Å². The average Bonchev–Trinajstić information content (AvgIpc) is 3.13. The van der Waals surface area contributed by atoms with Gasteiger partial charge in [-0.3, -0.25) is 4.98 Å². The predicted molar refractivity (Wildman–Crippen MR) is 157 cm³/mol. The Morgan fingerprint density at radius 2 is 1.71 bits per heavy atom. The third-order valence-corrected chi connectivity index (χ3v) is 9.58. The number of amides is 2. The van der Waals surface area contributed by atoms with Crippen LogP contribution in [0, 0.1) is 24.7 Å². The van der Waals surface area contributed by atoms with E-state index in [1.165, 1.54) is 4.80 Å². The lowest BCUT2D eigenvalue weighted by Crippen LogP contribution is -2.48. The van der Waals surface area contributed by atoms with Gasteiger partial charge in [-0.15, -0.1) is 0 Å². The highest BCUT2D eigenvalue weighted by Gasteiger charge is 2.57. The van der Waals surface area contributed by atoms with Gasteiger partial charge >= 0.3 is 12.2 Å². The van der Waals surface area contributed by atoms with Crippen molar-refractivity contribution in [3.8, 4) is 17.0 Å². The molecule has 2 aliphatic heterocycles. The summed E-state index contributed by atoms with van der Waals surface area (Å²) in [5.74, 6) is 0.380. The van der Waals surface area contributed by atoms with Crippen molar-refractivity contribution in [2.75, 3.05) is 7.11 Å². The van der Waals surface area contributed by atoms with Crippen LogP contribution in [0.4, 0.5) is 9.59 Å². The Morgan fingerprint density at radius 1 is 1.10 bits per heavy atom. The van der Waals surface area contributed by atoms with E-state index in [-0.39, 0.29) is 29.5 Å². The fourth-order valence-electron chi connectivity index (χ4n) is 6.14. The van der Waals surface area contributed by atoms with Gasteiger partial charge in [0.1, 0.15) is 18.0 Å². The largest absolute Gasteiger partial charge is 0.496 e. The molecule has 0 bridgehead atoms. The van der Waals surface area contributed by atoms with E-state index in [0.29, 0.717) is 22.7 Å². The van der Waals surface area contributed by atoms with Crippen LogP contribution in [0.2, 0.25) is 0 Å². The number of imide groups is 1. The number of hydrogen-bond acceptors (Lipinski definition) is 9. The molecule has 0 saturated carbocycles. The molecule has 0 spiro atoms. The molecule has 41 heavy (non-hydrogen) atoms. The van der Waals surface area contributed by atoms with Crippen LogP contribution in [0.5, 0.6) is 5.75 Å². The van der Waals surface area contributed by atoms with Crippen molar-refractivity contribution in [2.45, 2.75) is 73.2 Å². The zero-order chi connectivity index (χ0) is 30.7. The molecule has 0 saturated heterocycles. The molecule has 3 aliphatic rings. The molecular formula is C28H37N7O5S. The van der Waals surface area contributed by atoms with Crippen molar-refractivity contribution in [3.63, 3.8) is 0 Å². The summed E-state index contributed by atoms with van der Waals surface area (Å²) in [5.41, 5.74) is 10.5. The van der Waals surface area contributed by atoms with Gasteiger partial charge in [0.15, 0.2) is 5.84 Å². The van der Waals surface area contributed by atoms with Crippen LogP contribution in [0.15, 0.2) is 16.7 Å². The summed E-state index contributed by atoms with van der Waals surface area (Å²) < 4.78 is 9.45. The number of aromatic nitrogens is 4. The van der Waals surface area contributed by atoms with Gasteiger partial charge in [-0.05, 0) is 53.8 Å². The number of pyridine rings is 1. The summed E-state index contributed by atoms with van der Waals surface area (Å²) in [7, 11) is 1.59. The number of hydrogen-bond donors (Lipinski definition) is 3. The summed E-state index contributed by atoms with van der Waals surface area (Å²) in [4.78, 5) is 30.7. The van der Waals surface area contributed by atoms with Crippen LogP contribution in [-0.2, 0) is 17.8 Å². The summed E-state index contributed by atoms with van der Waals surface area (Å²) >= 11 is 1.16. The van der Waals surface area contributed by atoms with Crippen molar-refractivity contribution < 1.29 is 24.5 Å². The van der Waals surface area contributed by atoms with E-state index in [0.717, 1.165) is 34.2 Å². The molecule has 12 nitrogen and oxygen atoms in total. The van der Waals surface area contributed by atoms with Crippen molar-refractivity contribution >= 4 is 30.0 Å². The number of amidine groups is 1. The zero-order valence-electron chi connectivity index (χ0n) is 24.9. The van der Waals surface area contributed by atoms with Gasteiger partial charge in [-0.2, -0.15) is 24.3 Å². The van der Waals surface area contributed by atoms with E-state index in [1.807, 2.05) is 19.9 Å². The number of ether oxygens (including phenoxy) is 1. The zero-order valence-corrected chi connectivity index (χ0v) is 25.7. The molecular weight excluding hydrogens is 546 g/mol. The standard InChI is InChI=1S/C28H37N7O5S/c1-14-12-30-18(15(2)22(14)40-9)13-34-31-17-10-16(11-29)20-19(17)21(32-34)23(35(24(36)37)25(38)39)33-41-28(20,26(3,4)5)27(6,7)8/h10,12H,11,13,29H2,1-9H3,(H,36,37)(H,38,39). The molecule has 0 fully saturated rings. The smallest absolute Gasteiger partial charge is 0.422 e. The van der Waals surface area contributed by atoms with Gasteiger partial charge in [0, 0.05) is 29.4 Å². The first-order chi connectivity index (χ1) is 19.0. The quantitative estimate of drug-likeness (QED) is 0.344. The molecule has 1 aromatic rings. The first kappa shape index (κ1) is 30.3. The van der Waals surface area contributed by atoms with E-state index in [9.17, 15) is 19.8 Å². The van der Waals surface area contributed by atoms with Gasteiger partial charge in [-0.25, -0.2) is 9.59 Å². The maximum absolute atomic E-state index is 12.3. The minimum Gasteiger partial charge on any atom is -0.496 e. The molecule has 1 aromatic heterocycles. The molecule has 13 heteroatoms. The number of rotatable bonds is 4. The molecule has 0 unspecified atom stereocenters. The van der Waals surface area contributed by atoms with E-state index in [1.54, 1.807) is 13.3 Å². The number of nitrogens with zero attached hydrogens (tertiary/aromatic N) is 6. The van der Waals surface area contributed by atoms with Crippen LogP contribution in [0.25, 0.3) is 11.3 Å². The van der Waals surface area contributed by atoms with Crippen molar-refractivity contribution in [3.05, 3.63) is 45.9 Å². The molecule has 4 N–H and O–H groups in total. The lowest BCUT2D eigenvalue weighted by atomic mass is 9.61. The molecule has 1 aliphatic carbocycles. The molecule has 3 heterocycles. The van der Waals surface area contributed by atoms with Crippen LogP contribution < -0.4 is 10.5 Å². The summed E-state index contributed by atoms with van der Waals surface area (Å²) in [5, 5.41) is 29.5. The highest BCUT2D eigenvalue weighted by atomic mass is 32.2. The van der Waals surface area contributed by atoms with Gasteiger partial charge in [0.05, 0.1) is 23.2 Å². The molecule has 0 radical (unpaired) electrons. The van der Waals surface area contributed by atoms with E-state index in [4.69, 9.17) is 20.7 Å². The predicted octanol–water partition coefficient (Wildman–Crippen LogP) is 5.26. The maximum atomic E-state index is 12.3. The molecule has 2 amide bonds. The molecule has 0 aromatic carbocycles. The third-order valence-electron chi connectivity index (χ3n) is 7.61. The minimum atomic E-state index is -1.69. The van der Waals surface area contributed by atoms with Crippen molar-refractivity contribution in [2.24, 2.45) is 21.0 Å². The Labute approximate surface area is 243 Å². The summed E-state index contributed by atoms with van der Waals surface area (Å²) in [6.07, 6.45) is -1.69. The number of methoxy groups -OCH3 is 1. The highest BCUT2D eigenvalue weighted by Crippen LogP contribution is 2.65. The topological polar surface area (TPSA) is 169 Å². The third kappa shape index (κ3) is 4.70. The lowest BCUT2D eigenvalue weighted by Gasteiger charge is -2.52.